The second-order valence-electron chi connectivity index (χ2n) is 4.90. The lowest BCUT2D eigenvalue weighted by Crippen LogP contribution is -2.19. The van der Waals surface area contributed by atoms with Crippen LogP contribution >= 0.6 is 0 Å². The van der Waals surface area contributed by atoms with Gasteiger partial charge in [-0.1, -0.05) is 30.3 Å². The zero-order chi connectivity index (χ0) is 14.5. The number of rotatable bonds is 6. The van der Waals surface area contributed by atoms with Crippen LogP contribution in [-0.4, -0.2) is 29.8 Å². The molecule has 1 heterocycles. The van der Waals surface area contributed by atoms with Gasteiger partial charge < -0.3 is 10.1 Å². The third-order valence-electron chi connectivity index (χ3n) is 3.50. The first kappa shape index (κ1) is 13.8. The van der Waals surface area contributed by atoms with Gasteiger partial charge in [-0.3, -0.25) is 4.57 Å². The predicted octanol–water partition coefficient (Wildman–Crippen LogP) is 2.76. The zero-order valence-corrected chi connectivity index (χ0v) is 12.1. The normalized spacial score (nSPS) is 11.1. The molecule has 0 unspecified atom stereocenters. The number of para-hydroxylation sites is 3. The van der Waals surface area contributed by atoms with E-state index in [1.54, 1.807) is 7.11 Å². The summed E-state index contributed by atoms with van der Waals surface area (Å²) in [5.74, 6) is 0. The van der Waals surface area contributed by atoms with Crippen molar-refractivity contribution in [1.82, 2.24) is 14.9 Å². The van der Waals surface area contributed by atoms with E-state index < -0.39 is 0 Å². The van der Waals surface area contributed by atoms with Gasteiger partial charge in [0.05, 0.1) is 23.3 Å². The van der Waals surface area contributed by atoms with Gasteiger partial charge >= 0.3 is 0 Å². The summed E-state index contributed by atoms with van der Waals surface area (Å²) in [6, 6.07) is 16.6. The van der Waals surface area contributed by atoms with E-state index in [0.717, 1.165) is 36.4 Å². The van der Waals surface area contributed by atoms with Gasteiger partial charge in [-0.2, -0.15) is 0 Å². The van der Waals surface area contributed by atoms with Crippen LogP contribution in [0.25, 0.3) is 16.7 Å². The van der Waals surface area contributed by atoms with Gasteiger partial charge in [-0.05, 0) is 23.8 Å². The summed E-state index contributed by atoms with van der Waals surface area (Å²) >= 11 is 0. The molecule has 21 heavy (non-hydrogen) atoms. The summed E-state index contributed by atoms with van der Waals surface area (Å²) in [6.45, 7) is 2.37. The molecule has 3 rings (SSSR count). The number of hydrogen-bond donors (Lipinski definition) is 1. The molecule has 108 valence electrons. The van der Waals surface area contributed by atoms with Crippen molar-refractivity contribution < 1.29 is 4.74 Å². The number of aromatic nitrogens is 2. The molecular formula is C17H19N3O. The largest absolute Gasteiger partial charge is 0.383 e. The molecule has 0 saturated carbocycles. The number of ether oxygens (including phenoxy) is 1. The van der Waals surface area contributed by atoms with Crippen molar-refractivity contribution in [1.29, 1.82) is 0 Å². The Kier molecular flexibility index (Phi) is 4.28. The predicted molar refractivity (Wildman–Crippen MR) is 84.7 cm³/mol. The average molecular weight is 281 g/mol. The van der Waals surface area contributed by atoms with Crippen LogP contribution in [0.3, 0.4) is 0 Å². The lowest BCUT2D eigenvalue weighted by molar-refractivity contribution is 0.199. The Bertz CT molecular complexity index is 721. The van der Waals surface area contributed by atoms with Gasteiger partial charge in [0.25, 0.3) is 0 Å². The maximum absolute atomic E-state index is 5.06. The lowest BCUT2D eigenvalue weighted by atomic mass is 10.1. The van der Waals surface area contributed by atoms with Crippen LogP contribution < -0.4 is 5.32 Å². The molecule has 0 amide bonds. The zero-order valence-electron chi connectivity index (χ0n) is 12.1. The molecule has 0 aliphatic rings. The highest BCUT2D eigenvalue weighted by atomic mass is 16.5. The van der Waals surface area contributed by atoms with Gasteiger partial charge in [0.1, 0.15) is 6.33 Å². The summed E-state index contributed by atoms with van der Waals surface area (Å²) in [5, 5.41) is 3.39. The first-order valence-electron chi connectivity index (χ1n) is 7.10. The second kappa shape index (κ2) is 6.52. The van der Waals surface area contributed by atoms with Crippen LogP contribution in [0.2, 0.25) is 0 Å². The topological polar surface area (TPSA) is 39.1 Å². The molecule has 1 aromatic heterocycles. The highest BCUT2D eigenvalue weighted by molar-refractivity contribution is 5.77. The van der Waals surface area contributed by atoms with E-state index in [-0.39, 0.29) is 0 Å². The van der Waals surface area contributed by atoms with Crippen molar-refractivity contribution >= 4 is 11.0 Å². The van der Waals surface area contributed by atoms with Crippen LogP contribution in [0.5, 0.6) is 0 Å². The van der Waals surface area contributed by atoms with Crippen LogP contribution in [0.15, 0.2) is 54.9 Å². The highest BCUT2D eigenvalue weighted by Crippen LogP contribution is 2.20. The Labute approximate surface area is 124 Å². The SMILES string of the molecule is COCCNCc1ccccc1-n1cnc2ccccc21. The molecule has 0 aliphatic carbocycles. The second-order valence-corrected chi connectivity index (χ2v) is 4.90. The van der Waals surface area contributed by atoms with Gasteiger partial charge in [0.15, 0.2) is 0 Å². The minimum Gasteiger partial charge on any atom is -0.383 e. The van der Waals surface area contributed by atoms with E-state index in [1.807, 2.05) is 24.5 Å². The maximum Gasteiger partial charge on any atom is 0.100 e. The molecule has 4 nitrogen and oxygen atoms in total. The maximum atomic E-state index is 5.06. The number of nitrogens with zero attached hydrogens (tertiary/aromatic N) is 2. The molecule has 3 aromatic rings. The van der Waals surface area contributed by atoms with E-state index in [9.17, 15) is 0 Å². The van der Waals surface area contributed by atoms with Crippen molar-refractivity contribution in [2.24, 2.45) is 0 Å². The number of fused-ring (bicyclic) bond motifs is 1. The highest BCUT2D eigenvalue weighted by Gasteiger charge is 2.07. The Hall–Kier alpha value is -2.17. The summed E-state index contributed by atoms with van der Waals surface area (Å²) in [7, 11) is 1.72. The van der Waals surface area contributed by atoms with E-state index in [4.69, 9.17) is 4.74 Å². The first-order chi connectivity index (χ1) is 10.4. The van der Waals surface area contributed by atoms with Crippen molar-refractivity contribution in [3.05, 3.63) is 60.4 Å². The molecule has 0 atom stereocenters. The molecule has 0 radical (unpaired) electrons. The quantitative estimate of drug-likeness (QED) is 0.706. The summed E-state index contributed by atoms with van der Waals surface area (Å²) in [6.07, 6.45) is 1.89. The van der Waals surface area contributed by atoms with E-state index >= 15 is 0 Å². The molecule has 4 heteroatoms. The van der Waals surface area contributed by atoms with Gasteiger partial charge in [-0.25, -0.2) is 4.98 Å². The molecule has 0 fully saturated rings. The van der Waals surface area contributed by atoms with Crippen molar-refractivity contribution in [3.8, 4) is 5.69 Å². The Balaban J connectivity index is 1.91. The van der Waals surface area contributed by atoms with E-state index in [0.29, 0.717) is 0 Å². The Morgan fingerprint density at radius 3 is 2.81 bits per heavy atom. The molecule has 2 aromatic carbocycles. The molecular weight excluding hydrogens is 262 g/mol. The van der Waals surface area contributed by atoms with Gasteiger partial charge in [-0.15, -0.1) is 0 Å². The van der Waals surface area contributed by atoms with Gasteiger partial charge in [0.2, 0.25) is 0 Å². The fraction of sp³-hybridized carbons (Fsp3) is 0.235. The van der Waals surface area contributed by atoms with Crippen molar-refractivity contribution in [3.63, 3.8) is 0 Å². The monoisotopic (exact) mass is 281 g/mol. The first-order valence-corrected chi connectivity index (χ1v) is 7.10. The number of imidazole rings is 1. The molecule has 0 spiro atoms. The van der Waals surface area contributed by atoms with E-state index in [1.165, 1.54) is 5.56 Å². The Morgan fingerprint density at radius 2 is 1.90 bits per heavy atom. The number of methoxy groups -OCH3 is 1. The van der Waals surface area contributed by atoms with Crippen LogP contribution in [-0.2, 0) is 11.3 Å². The lowest BCUT2D eigenvalue weighted by Gasteiger charge is -2.12. The van der Waals surface area contributed by atoms with Crippen LogP contribution in [0, 0.1) is 0 Å². The fourth-order valence-corrected chi connectivity index (χ4v) is 2.44. The van der Waals surface area contributed by atoms with E-state index in [2.05, 4.69) is 45.2 Å². The number of hydrogen-bond acceptors (Lipinski definition) is 3. The van der Waals surface area contributed by atoms with Crippen LogP contribution in [0.4, 0.5) is 0 Å². The molecule has 0 bridgehead atoms. The van der Waals surface area contributed by atoms with Crippen LogP contribution in [0.1, 0.15) is 5.56 Å². The summed E-state index contributed by atoms with van der Waals surface area (Å²) < 4.78 is 7.20. The fourth-order valence-electron chi connectivity index (χ4n) is 2.44. The Morgan fingerprint density at radius 1 is 1.10 bits per heavy atom. The van der Waals surface area contributed by atoms with Crippen molar-refractivity contribution in [2.45, 2.75) is 6.54 Å². The van der Waals surface area contributed by atoms with Crippen molar-refractivity contribution in [2.75, 3.05) is 20.3 Å². The minimum atomic E-state index is 0.718. The molecule has 0 aliphatic heterocycles. The summed E-state index contributed by atoms with van der Waals surface area (Å²) in [5.41, 5.74) is 4.55. The van der Waals surface area contributed by atoms with Gasteiger partial charge in [0, 0.05) is 20.2 Å². The third kappa shape index (κ3) is 2.96. The summed E-state index contributed by atoms with van der Waals surface area (Å²) in [4.78, 5) is 4.47. The standard InChI is InChI=1S/C17H19N3O/c1-21-11-10-18-12-14-6-2-4-8-16(14)20-13-19-15-7-3-5-9-17(15)20/h2-9,13,18H,10-12H2,1H3. The minimum absolute atomic E-state index is 0.718. The molecule has 1 N–H and O–H groups in total. The average Bonchev–Trinajstić information content (AvgIpc) is 2.96. The smallest absolute Gasteiger partial charge is 0.100 e. The molecule has 0 saturated heterocycles. The number of benzene rings is 2. The number of nitrogens with one attached hydrogen (secondary N) is 1. The third-order valence-corrected chi connectivity index (χ3v) is 3.50.